The second-order valence-corrected chi connectivity index (χ2v) is 6.42. The normalized spacial score (nSPS) is 11.9. The van der Waals surface area contributed by atoms with Crippen molar-refractivity contribution in [2.45, 2.75) is 19.6 Å². The minimum Gasteiger partial charge on any atom is -0.461 e. The second-order valence-electron chi connectivity index (χ2n) is 4.74. The van der Waals surface area contributed by atoms with Gasteiger partial charge in [-0.3, -0.25) is 0 Å². The van der Waals surface area contributed by atoms with E-state index < -0.39 is 23.0 Å². The number of nitrogens with two attached hydrogens (primary N) is 1. The van der Waals surface area contributed by atoms with Crippen LogP contribution in [0.2, 0.25) is 10.0 Å². The van der Waals surface area contributed by atoms with Gasteiger partial charge in [-0.2, -0.15) is 9.37 Å². The number of pyridine rings is 1. The van der Waals surface area contributed by atoms with Gasteiger partial charge in [0.1, 0.15) is 16.7 Å². The van der Waals surface area contributed by atoms with E-state index >= 15 is 0 Å². The van der Waals surface area contributed by atoms with Crippen molar-refractivity contribution in [1.82, 2.24) is 4.98 Å². The van der Waals surface area contributed by atoms with E-state index in [1.54, 1.807) is 12.1 Å². The molecule has 0 aliphatic carbocycles. The lowest BCUT2D eigenvalue weighted by molar-refractivity contribution is -0.152. The first-order valence-electron chi connectivity index (χ1n) is 6.67. The van der Waals surface area contributed by atoms with Crippen LogP contribution >= 0.6 is 39.1 Å². The zero-order valence-corrected chi connectivity index (χ0v) is 15.5. The molecule has 2 aromatic rings. The summed E-state index contributed by atoms with van der Waals surface area (Å²) in [6.07, 6.45) is -1.06. The fourth-order valence-electron chi connectivity index (χ4n) is 1.66. The van der Waals surface area contributed by atoms with Crippen LogP contribution in [0.3, 0.4) is 0 Å². The topological polar surface area (TPSA) is 74.4 Å². The number of hydrogen-bond acceptors (Lipinski definition) is 5. The highest BCUT2D eigenvalue weighted by molar-refractivity contribution is 9.10. The van der Waals surface area contributed by atoms with E-state index in [1.807, 2.05) is 12.1 Å². The van der Waals surface area contributed by atoms with Crippen LogP contribution in [-0.2, 0) is 16.1 Å². The molecule has 0 aliphatic heterocycles. The maximum Gasteiger partial charge on any atom is 0.347 e. The van der Waals surface area contributed by atoms with E-state index in [-0.39, 0.29) is 23.2 Å². The molecule has 0 radical (unpaired) electrons. The molecule has 0 saturated carbocycles. The van der Waals surface area contributed by atoms with Gasteiger partial charge in [0.2, 0.25) is 11.8 Å². The number of ether oxygens (including phenoxy) is 2. The van der Waals surface area contributed by atoms with Gasteiger partial charge in [0, 0.05) is 4.47 Å². The number of nitrogens with zero attached hydrogens (tertiary/aromatic N) is 1. The molecule has 1 atom stereocenters. The van der Waals surface area contributed by atoms with E-state index in [0.717, 1.165) is 10.0 Å². The van der Waals surface area contributed by atoms with Crippen molar-refractivity contribution < 1.29 is 18.7 Å². The Morgan fingerprint density at radius 3 is 2.58 bits per heavy atom. The van der Waals surface area contributed by atoms with Gasteiger partial charge < -0.3 is 15.2 Å². The molecule has 2 N–H and O–H groups in total. The summed E-state index contributed by atoms with van der Waals surface area (Å²) in [6, 6.07) is 7.26. The molecule has 0 aliphatic rings. The number of benzene rings is 1. The fourth-order valence-corrected chi connectivity index (χ4v) is 2.29. The molecule has 0 amide bonds. The van der Waals surface area contributed by atoms with Gasteiger partial charge in [-0.15, -0.1) is 0 Å². The molecule has 0 unspecified atom stereocenters. The minimum absolute atomic E-state index is 0.0676. The molecular formula is C15H12BrCl2FN2O3. The number of carbonyl (C=O) groups is 1. The Labute approximate surface area is 156 Å². The molecule has 0 fully saturated rings. The van der Waals surface area contributed by atoms with E-state index in [2.05, 4.69) is 20.9 Å². The molecule has 0 saturated heterocycles. The molecule has 5 nitrogen and oxygen atoms in total. The lowest BCUT2D eigenvalue weighted by atomic mass is 10.2. The van der Waals surface area contributed by atoms with Crippen molar-refractivity contribution in [1.29, 1.82) is 0 Å². The largest absolute Gasteiger partial charge is 0.461 e. The highest BCUT2D eigenvalue weighted by Crippen LogP contribution is 2.35. The van der Waals surface area contributed by atoms with E-state index in [0.29, 0.717) is 0 Å². The summed E-state index contributed by atoms with van der Waals surface area (Å²) >= 11 is 14.8. The number of anilines is 1. The number of aromatic nitrogens is 1. The van der Waals surface area contributed by atoms with Gasteiger partial charge in [-0.1, -0.05) is 51.3 Å². The van der Waals surface area contributed by atoms with Crippen LogP contribution in [0.4, 0.5) is 10.1 Å². The Morgan fingerprint density at radius 2 is 1.96 bits per heavy atom. The average Bonchev–Trinajstić information content (AvgIpc) is 2.56. The molecule has 1 aromatic heterocycles. The summed E-state index contributed by atoms with van der Waals surface area (Å²) in [7, 11) is 0. The van der Waals surface area contributed by atoms with Crippen molar-refractivity contribution in [2.75, 3.05) is 5.73 Å². The maximum atomic E-state index is 13.5. The predicted molar refractivity (Wildman–Crippen MR) is 92.7 cm³/mol. The lowest BCUT2D eigenvalue weighted by Gasteiger charge is -2.15. The van der Waals surface area contributed by atoms with Crippen molar-refractivity contribution in [3.63, 3.8) is 0 Å². The quantitative estimate of drug-likeness (QED) is 0.554. The van der Waals surface area contributed by atoms with Gasteiger partial charge in [-0.05, 0) is 24.6 Å². The molecule has 2 rings (SSSR count). The smallest absolute Gasteiger partial charge is 0.347 e. The van der Waals surface area contributed by atoms with Crippen LogP contribution in [0, 0.1) is 5.95 Å². The van der Waals surface area contributed by atoms with Gasteiger partial charge >= 0.3 is 5.97 Å². The number of halogens is 4. The summed E-state index contributed by atoms with van der Waals surface area (Å²) in [5.41, 5.74) is 6.13. The van der Waals surface area contributed by atoms with Gasteiger partial charge in [-0.25, -0.2) is 4.79 Å². The number of esters is 1. The first-order valence-corrected chi connectivity index (χ1v) is 8.22. The van der Waals surface area contributed by atoms with Crippen LogP contribution in [-0.4, -0.2) is 17.1 Å². The summed E-state index contributed by atoms with van der Waals surface area (Å²) < 4.78 is 24.8. The SMILES string of the molecule is C[C@@H](Oc1nc(F)c(Cl)c(N)c1Cl)C(=O)OCc1ccc(Br)cc1. The number of nitrogen functional groups attached to an aromatic ring is 1. The van der Waals surface area contributed by atoms with Gasteiger partial charge in [0.05, 0.1) is 5.69 Å². The standard InChI is InChI=1S/C15H12BrCl2FN2O3/c1-7(15(22)23-6-8-2-4-9(16)5-3-8)24-14-11(18)12(20)10(17)13(19)21-14/h2-5,7H,6H2,1H3,(H2,20,21)/t7-/m1/s1. The Kier molecular flexibility index (Phi) is 6.26. The van der Waals surface area contributed by atoms with Crippen LogP contribution in [0.15, 0.2) is 28.7 Å². The second kappa shape index (κ2) is 8.00. The molecule has 128 valence electrons. The Bertz CT molecular complexity index is 759. The van der Waals surface area contributed by atoms with Crippen molar-refractivity contribution in [3.05, 3.63) is 50.3 Å². The molecule has 9 heteroatoms. The lowest BCUT2D eigenvalue weighted by Crippen LogP contribution is -2.26. The zero-order chi connectivity index (χ0) is 17.9. The Morgan fingerprint density at radius 1 is 1.33 bits per heavy atom. The van der Waals surface area contributed by atoms with Gasteiger partial charge in [0.15, 0.2) is 6.10 Å². The molecule has 1 aromatic carbocycles. The first-order chi connectivity index (χ1) is 11.3. The van der Waals surface area contributed by atoms with E-state index in [4.69, 9.17) is 38.4 Å². The number of hydrogen-bond donors (Lipinski definition) is 1. The van der Waals surface area contributed by atoms with E-state index in [1.165, 1.54) is 6.92 Å². The summed E-state index contributed by atoms with van der Waals surface area (Å²) in [5.74, 6) is -2.03. The summed E-state index contributed by atoms with van der Waals surface area (Å²) in [6.45, 7) is 1.49. The summed E-state index contributed by atoms with van der Waals surface area (Å²) in [4.78, 5) is 15.4. The van der Waals surface area contributed by atoms with Crippen LogP contribution < -0.4 is 10.5 Å². The number of carbonyl (C=O) groups excluding carboxylic acids is 1. The van der Waals surface area contributed by atoms with Gasteiger partial charge in [0.25, 0.3) is 0 Å². The van der Waals surface area contributed by atoms with E-state index in [9.17, 15) is 9.18 Å². The molecule has 0 spiro atoms. The molecular weight excluding hydrogens is 426 g/mol. The highest BCUT2D eigenvalue weighted by Gasteiger charge is 2.22. The minimum atomic E-state index is -1.06. The maximum absolute atomic E-state index is 13.5. The molecule has 24 heavy (non-hydrogen) atoms. The fraction of sp³-hybridized carbons (Fsp3) is 0.200. The molecule has 0 bridgehead atoms. The third-order valence-corrected chi connectivity index (χ3v) is 4.21. The number of rotatable bonds is 5. The third kappa shape index (κ3) is 4.49. The third-order valence-electron chi connectivity index (χ3n) is 2.96. The monoisotopic (exact) mass is 436 g/mol. The average molecular weight is 438 g/mol. The molecule has 1 heterocycles. The predicted octanol–water partition coefficient (Wildman–Crippen LogP) is 4.38. The van der Waals surface area contributed by atoms with Crippen molar-refractivity contribution in [3.8, 4) is 5.88 Å². The van der Waals surface area contributed by atoms with Crippen LogP contribution in [0.1, 0.15) is 12.5 Å². The highest BCUT2D eigenvalue weighted by atomic mass is 79.9. The summed E-state index contributed by atoms with van der Waals surface area (Å²) in [5, 5.41) is -0.577. The van der Waals surface area contributed by atoms with Crippen LogP contribution in [0.5, 0.6) is 5.88 Å². The van der Waals surface area contributed by atoms with Crippen molar-refractivity contribution in [2.24, 2.45) is 0 Å². The van der Waals surface area contributed by atoms with Crippen LogP contribution in [0.25, 0.3) is 0 Å². The Balaban J connectivity index is 2.00. The first kappa shape index (κ1) is 18.8. The van der Waals surface area contributed by atoms with Crippen molar-refractivity contribution >= 4 is 50.8 Å². The Hall–Kier alpha value is -1.57. The zero-order valence-electron chi connectivity index (χ0n) is 12.4.